The summed E-state index contributed by atoms with van der Waals surface area (Å²) in [4.78, 5) is 24.3. The molecule has 0 aliphatic carbocycles. The molecule has 1 saturated heterocycles. The minimum absolute atomic E-state index is 0.114. The molecule has 0 radical (unpaired) electrons. The number of nitro benzene ring substituents is 1. The van der Waals surface area contributed by atoms with Gasteiger partial charge < -0.3 is 10.6 Å². The van der Waals surface area contributed by atoms with Crippen LogP contribution < -0.4 is 5.73 Å². The fourth-order valence-electron chi connectivity index (χ4n) is 2.59. The maximum Gasteiger partial charge on any atom is 0.270 e. The highest BCUT2D eigenvalue weighted by Crippen LogP contribution is 2.26. The maximum absolute atomic E-state index is 12.4. The van der Waals surface area contributed by atoms with Crippen LogP contribution in [0.5, 0.6) is 0 Å². The predicted molar refractivity (Wildman–Crippen MR) is 80.4 cm³/mol. The fourth-order valence-corrected chi connectivity index (χ4v) is 2.85. The van der Waals surface area contributed by atoms with Crippen molar-refractivity contribution in [3.63, 3.8) is 0 Å². The SMILES string of the molecule is CC(N)C1CCN(C(=O)c2ccc([N+](=O)[O-])cc2Cl)CC1. The molecular formula is C14H18ClN3O3. The van der Waals surface area contributed by atoms with Crippen molar-refractivity contribution in [3.8, 4) is 0 Å². The molecule has 0 saturated carbocycles. The summed E-state index contributed by atoms with van der Waals surface area (Å²) in [6, 6.07) is 4.06. The van der Waals surface area contributed by atoms with Gasteiger partial charge in [-0.1, -0.05) is 11.6 Å². The number of nitrogens with zero attached hydrogens (tertiary/aromatic N) is 2. The summed E-state index contributed by atoms with van der Waals surface area (Å²) in [7, 11) is 0. The molecule has 1 unspecified atom stereocenters. The molecule has 2 rings (SSSR count). The average Bonchev–Trinajstić information content (AvgIpc) is 2.46. The van der Waals surface area contributed by atoms with Gasteiger partial charge in [0, 0.05) is 31.3 Å². The minimum atomic E-state index is -0.533. The Bertz CT molecular complexity index is 554. The zero-order valence-electron chi connectivity index (χ0n) is 11.8. The van der Waals surface area contributed by atoms with Crippen molar-refractivity contribution >= 4 is 23.2 Å². The van der Waals surface area contributed by atoms with Gasteiger partial charge in [-0.2, -0.15) is 0 Å². The fraction of sp³-hybridized carbons (Fsp3) is 0.500. The molecule has 1 aliphatic heterocycles. The Morgan fingerprint density at radius 2 is 2.10 bits per heavy atom. The first-order chi connectivity index (χ1) is 9.90. The van der Waals surface area contributed by atoms with Gasteiger partial charge in [0.15, 0.2) is 0 Å². The van der Waals surface area contributed by atoms with Crippen molar-refractivity contribution in [3.05, 3.63) is 38.9 Å². The van der Waals surface area contributed by atoms with E-state index in [1.54, 1.807) is 4.90 Å². The summed E-state index contributed by atoms with van der Waals surface area (Å²) in [5.41, 5.74) is 6.07. The topological polar surface area (TPSA) is 89.5 Å². The van der Waals surface area contributed by atoms with Crippen LogP contribution >= 0.6 is 11.6 Å². The van der Waals surface area contributed by atoms with E-state index in [1.165, 1.54) is 18.2 Å². The average molecular weight is 312 g/mol. The van der Waals surface area contributed by atoms with Gasteiger partial charge in [-0.3, -0.25) is 14.9 Å². The lowest BCUT2D eigenvalue weighted by Crippen LogP contribution is -2.42. The number of carbonyl (C=O) groups is 1. The molecule has 2 N–H and O–H groups in total. The van der Waals surface area contributed by atoms with Crippen LogP contribution in [0.3, 0.4) is 0 Å². The number of benzene rings is 1. The lowest BCUT2D eigenvalue weighted by molar-refractivity contribution is -0.384. The Morgan fingerprint density at radius 1 is 1.48 bits per heavy atom. The lowest BCUT2D eigenvalue weighted by Gasteiger charge is -2.33. The van der Waals surface area contributed by atoms with E-state index in [0.717, 1.165) is 12.8 Å². The van der Waals surface area contributed by atoms with Crippen LogP contribution in [0, 0.1) is 16.0 Å². The number of halogens is 1. The summed E-state index contributed by atoms with van der Waals surface area (Å²) in [6.45, 7) is 3.26. The maximum atomic E-state index is 12.4. The van der Waals surface area contributed by atoms with Crippen molar-refractivity contribution in [1.29, 1.82) is 0 Å². The lowest BCUT2D eigenvalue weighted by atomic mass is 9.90. The molecule has 0 spiro atoms. The van der Waals surface area contributed by atoms with E-state index in [0.29, 0.717) is 24.6 Å². The number of piperidine rings is 1. The van der Waals surface area contributed by atoms with Crippen LogP contribution in [0.1, 0.15) is 30.1 Å². The third-order valence-corrected chi connectivity index (χ3v) is 4.28. The molecule has 6 nitrogen and oxygen atoms in total. The van der Waals surface area contributed by atoms with Crippen LogP contribution in [-0.4, -0.2) is 34.9 Å². The van der Waals surface area contributed by atoms with Crippen LogP contribution in [-0.2, 0) is 0 Å². The molecule has 1 fully saturated rings. The molecule has 1 atom stereocenters. The predicted octanol–water partition coefficient (Wildman–Crippen LogP) is 2.45. The number of rotatable bonds is 3. The third kappa shape index (κ3) is 3.51. The summed E-state index contributed by atoms with van der Waals surface area (Å²) in [5, 5.41) is 10.8. The van der Waals surface area contributed by atoms with Gasteiger partial charge in [-0.15, -0.1) is 0 Å². The third-order valence-electron chi connectivity index (χ3n) is 3.96. The Hall–Kier alpha value is -1.66. The first-order valence-electron chi connectivity index (χ1n) is 6.89. The number of carbonyl (C=O) groups excluding carboxylic acids is 1. The van der Waals surface area contributed by atoms with E-state index >= 15 is 0 Å². The van der Waals surface area contributed by atoms with Crippen molar-refractivity contribution in [2.45, 2.75) is 25.8 Å². The van der Waals surface area contributed by atoms with Crippen molar-refractivity contribution in [2.75, 3.05) is 13.1 Å². The quantitative estimate of drug-likeness (QED) is 0.686. The van der Waals surface area contributed by atoms with Gasteiger partial charge in [0.05, 0.1) is 15.5 Å². The van der Waals surface area contributed by atoms with E-state index < -0.39 is 4.92 Å². The highest BCUT2D eigenvalue weighted by Gasteiger charge is 2.26. The van der Waals surface area contributed by atoms with Crippen LogP contribution in [0.15, 0.2) is 18.2 Å². The Labute approximate surface area is 128 Å². The highest BCUT2D eigenvalue weighted by molar-refractivity contribution is 6.34. The van der Waals surface area contributed by atoms with E-state index in [1.807, 2.05) is 6.92 Å². The van der Waals surface area contributed by atoms with Crippen LogP contribution in [0.2, 0.25) is 5.02 Å². The first-order valence-corrected chi connectivity index (χ1v) is 7.26. The number of nitro groups is 1. The molecule has 21 heavy (non-hydrogen) atoms. The number of non-ortho nitro benzene ring substituents is 1. The molecule has 1 aromatic carbocycles. The number of hydrogen-bond donors (Lipinski definition) is 1. The van der Waals surface area contributed by atoms with Gasteiger partial charge in [-0.05, 0) is 31.7 Å². The first kappa shape index (κ1) is 15.7. The van der Waals surface area contributed by atoms with E-state index in [-0.39, 0.29) is 22.7 Å². The van der Waals surface area contributed by atoms with Crippen molar-refractivity contribution < 1.29 is 9.72 Å². The van der Waals surface area contributed by atoms with Gasteiger partial charge >= 0.3 is 0 Å². The summed E-state index contributed by atoms with van der Waals surface area (Å²) in [6.07, 6.45) is 1.74. The molecule has 1 aliphatic rings. The van der Waals surface area contributed by atoms with Crippen LogP contribution in [0.4, 0.5) is 5.69 Å². The second-order valence-corrected chi connectivity index (χ2v) is 5.82. The molecular weight excluding hydrogens is 294 g/mol. The number of amides is 1. The van der Waals surface area contributed by atoms with Crippen LogP contribution in [0.25, 0.3) is 0 Å². The monoisotopic (exact) mass is 311 g/mol. The van der Waals surface area contributed by atoms with Gasteiger partial charge in [0.2, 0.25) is 0 Å². The molecule has 7 heteroatoms. The smallest absolute Gasteiger partial charge is 0.270 e. The highest BCUT2D eigenvalue weighted by atomic mass is 35.5. The number of likely N-dealkylation sites (tertiary alicyclic amines) is 1. The van der Waals surface area contributed by atoms with E-state index in [4.69, 9.17) is 17.3 Å². The van der Waals surface area contributed by atoms with E-state index in [2.05, 4.69) is 0 Å². The Morgan fingerprint density at radius 3 is 2.57 bits per heavy atom. The minimum Gasteiger partial charge on any atom is -0.339 e. The molecule has 114 valence electrons. The van der Waals surface area contributed by atoms with Crippen molar-refractivity contribution in [2.24, 2.45) is 11.7 Å². The second-order valence-electron chi connectivity index (χ2n) is 5.41. The zero-order chi connectivity index (χ0) is 15.6. The molecule has 1 heterocycles. The molecule has 1 aromatic rings. The molecule has 0 bridgehead atoms. The molecule has 1 amide bonds. The van der Waals surface area contributed by atoms with Gasteiger partial charge in [0.1, 0.15) is 0 Å². The van der Waals surface area contributed by atoms with Gasteiger partial charge in [-0.25, -0.2) is 0 Å². The Balaban J connectivity index is 2.09. The standard InChI is InChI=1S/C14H18ClN3O3/c1-9(16)10-4-6-17(7-5-10)14(19)12-3-2-11(18(20)21)8-13(12)15/h2-3,8-10H,4-7,16H2,1H3. The van der Waals surface area contributed by atoms with Crippen molar-refractivity contribution in [1.82, 2.24) is 4.90 Å². The summed E-state index contributed by atoms with van der Waals surface area (Å²) in [5.74, 6) is 0.249. The summed E-state index contributed by atoms with van der Waals surface area (Å²) < 4.78 is 0. The number of hydrogen-bond acceptors (Lipinski definition) is 4. The largest absolute Gasteiger partial charge is 0.339 e. The van der Waals surface area contributed by atoms with Gasteiger partial charge in [0.25, 0.3) is 11.6 Å². The normalized spacial score (nSPS) is 17.6. The Kier molecular flexibility index (Phi) is 4.80. The number of nitrogens with two attached hydrogens (primary N) is 1. The second kappa shape index (κ2) is 6.41. The summed E-state index contributed by atoms with van der Waals surface area (Å²) >= 11 is 5.99. The zero-order valence-corrected chi connectivity index (χ0v) is 12.5. The molecule has 0 aromatic heterocycles. The van der Waals surface area contributed by atoms with E-state index in [9.17, 15) is 14.9 Å².